The number of benzene rings is 2. The molecular weight excluding hydrogens is 353 g/mol. The van der Waals surface area contributed by atoms with Gasteiger partial charge in [0.25, 0.3) is 0 Å². The van der Waals surface area contributed by atoms with Crippen molar-refractivity contribution in [2.45, 2.75) is 19.9 Å². The van der Waals surface area contributed by atoms with Crippen LogP contribution in [-0.2, 0) is 4.79 Å². The number of nitrogens with one attached hydrogen (secondary N) is 1. The molecule has 0 aliphatic carbocycles. The lowest BCUT2D eigenvalue weighted by molar-refractivity contribution is -0.120. The van der Waals surface area contributed by atoms with E-state index in [9.17, 15) is 9.18 Å². The van der Waals surface area contributed by atoms with Gasteiger partial charge >= 0.3 is 0 Å². The largest absolute Gasteiger partial charge is 0.368 e. The Bertz CT molecular complexity index is 790. The summed E-state index contributed by atoms with van der Waals surface area (Å²) in [5, 5.41) is 3.55. The Labute approximate surface area is 158 Å². The molecule has 4 nitrogen and oxygen atoms in total. The first-order chi connectivity index (χ1) is 12.5. The lowest BCUT2D eigenvalue weighted by atomic mass is 10.1. The lowest BCUT2D eigenvalue weighted by Gasteiger charge is -2.38. The second-order valence-corrected chi connectivity index (χ2v) is 7.01. The van der Waals surface area contributed by atoms with Gasteiger partial charge in [-0.25, -0.2) is 4.39 Å². The molecule has 0 spiro atoms. The Kier molecular flexibility index (Phi) is 5.79. The van der Waals surface area contributed by atoms with Crippen molar-refractivity contribution in [2.75, 3.05) is 36.4 Å². The van der Waals surface area contributed by atoms with Crippen molar-refractivity contribution in [3.63, 3.8) is 0 Å². The molecule has 2 aromatic carbocycles. The molecule has 3 rings (SSSR count). The summed E-state index contributed by atoms with van der Waals surface area (Å²) in [5.41, 5.74) is 2.08. The summed E-state index contributed by atoms with van der Waals surface area (Å²) < 4.78 is 13.6. The van der Waals surface area contributed by atoms with Gasteiger partial charge in [0.15, 0.2) is 0 Å². The molecule has 138 valence electrons. The second kappa shape index (κ2) is 8.06. The van der Waals surface area contributed by atoms with E-state index in [0.717, 1.165) is 36.9 Å². The minimum absolute atomic E-state index is 0.126. The van der Waals surface area contributed by atoms with Gasteiger partial charge in [-0.15, -0.1) is 0 Å². The predicted octanol–water partition coefficient (Wildman–Crippen LogP) is 3.94. The van der Waals surface area contributed by atoms with Gasteiger partial charge in [-0.3, -0.25) is 9.69 Å². The lowest BCUT2D eigenvalue weighted by Crippen LogP contribution is -2.52. The number of carbonyl (C=O) groups is 1. The molecule has 1 atom stereocenters. The molecular formula is C20H23ClFN3O. The number of piperazine rings is 1. The quantitative estimate of drug-likeness (QED) is 0.879. The Balaban J connectivity index is 1.57. The summed E-state index contributed by atoms with van der Waals surface area (Å²) in [7, 11) is 0. The summed E-state index contributed by atoms with van der Waals surface area (Å²) in [4.78, 5) is 16.9. The molecule has 0 bridgehead atoms. The van der Waals surface area contributed by atoms with Crippen LogP contribution in [0.5, 0.6) is 0 Å². The average Bonchev–Trinajstić information content (AvgIpc) is 2.65. The van der Waals surface area contributed by atoms with Crippen LogP contribution in [-0.4, -0.2) is 43.0 Å². The van der Waals surface area contributed by atoms with Crippen molar-refractivity contribution in [3.8, 4) is 0 Å². The Morgan fingerprint density at radius 2 is 1.85 bits per heavy atom. The van der Waals surface area contributed by atoms with Gasteiger partial charge in [-0.05, 0) is 43.7 Å². The molecule has 0 radical (unpaired) electrons. The molecule has 2 aromatic rings. The Morgan fingerprint density at radius 1 is 1.15 bits per heavy atom. The SMILES string of the molecule is Cc1ccc(NC(=O)[C@@H](C)N2CCN(c3ccccc3Cl)CC2)cc1F. The van der Waals surface area contributed by atoms with E-state index >= 15 is 0 Å². The van der Waals surface area contributed by atoms with Crippen LogP contribution < -0.4 is 10.2 Å². The monoisotopic (exact) mass is 375 g/mol. The molecule has 1 saturated heterocycles. The van der Waals surface area contributed by atoms with Crippen molar-refractivity contribution in [1.82, 2.24) is 4.90 Å². The number of hydrogen-bond acceptors (Lipinski definition) is 3. The van der Waals surface area contributed by atoms with Crippen molar-refractivity contribution >= 4 is 28.9 Å². The highest BCUT2D eigenvalue weighted by molar-refractivity contribution is 6.33. The van der Waals surface area contributed by atoms with E-state index in [4.69, 9.17) is 11.6 Å². The molecule has 0 saturated carbocycles. The fourth-order valence-electron chi connectivity index (χ4n) is 3.14. The predicted molar refractivity (Wildman–Crippen MR) is 104 cm³/mol. The first kappa shape index (κ1) is 18.7. The van der Waals surface area contributed by atoms with Gasteiger partial charge in [0.2, 0.25) is 5.91 Å². The first-order valence-electron chi connectivity index (χ1n) is 8.76. The van der Waals surface area contributed by atoms with Crippen LogP contribution in [0, 0.1) is 12.7 Å². The number of hydrogen-bond donors (Lipinski definition) is 1. The first-order valence-corrected chi connectivity index (χ1v) is 9.14. The maximum atomic E-state index is 13.6. The van der Waals surface area contributed by atoms with Crippen LogP contribution >= 0.6 is 11.6 Å². The number of rotatable bonds is 4. The molecule has 1 N–H and O–H groups in total. The second-order valence-electron chi connectivity index (χ2n) is 6.60. The van der Waals surface area contributed by atoms with E-state index in [-0.39, 0.29) is 17.8 Å². The zero-order valence-corrected chi connectivity index (χ0v) is 15.8. The molecule has 6 heteroatoms. The molecule has 0 aromatic heterocycles. The van der Waals surface area contributed by atoms with Crippen molar-refractivity contribution in [1.29, 1.82) is 0 Å². The van der Waals surface area contributed by atoms with E-state index in [2.05, 4.69) is 15.1 Å². The van der Waals surface area contributed by atoms with Gasteiger partial charge in [0.1, 0.15) is 5.82 Å². The van der Waals surface area contributed by atoms with Crippen LogP contribution in [0.3, 0.4) is 0 Å². The summed E-state index contributed by atoms with van der Waals surface area (Å²) in [6.07, 6.45) is 0. The van der Waals surface area contributed by atoms with Crippen molar-refractivity contribution in [2.24, 2.45) is 0 Å². The topological polar surface area (TPSA) is 35.6 Å². The van der Waals surface area contributed by atoms with Gasteiger partial charge in [0, 0.05) is 31.9 Å². The van der Waals surface area contributed by atoms with Gasteiger partial charge in [-0.1, -0.05) is 29.8 Å². The van der Waals surface area contributed by atoms with Crippen LogP contribution in [0.2, 0.25) is 5.02 Å². The summed E-state index contributed by atoms with van der Waals surface area (Å²) in [5.74, 6) is -0.441. The zero-order chi connectivity index (χ0) is 18.7. The molecule has 1 amide bonds. The third-order valence-electron chi connectivity index (χ3n) is 4.87. The summed E-state index contributed by atoms with van der Waals surface area (Å²) in [6.45, 7) is 6.72. The van der Waals surface area contributed by atoms with E-state index in [1.165, 1.54) is 6.07 Å². The maximum Gasteiger partial charge on any atom is 0.241 e. The summed E-state index contributed by atoms with van der Waals surface area (Å²) >= 11 is 6.27. The highest BCUT2D eigenvalue weighted by Crippen LogP contribution is 2.26. The van der Waals surface area contributed by atoms with Gasteiger partial charge < -0.3 is 10.2 Å². The normalized spacial score (nSPS) is 16.4. The maximum absolute atomic E-state index is 13.6. The van der Waals surface area contributed by atoms with Crippen LogP contribution in [0.15, 0.2) is 42.5 Å². The number of carbonyl (C=O) groups excluding carboxylic acids is 1. The summed E-state index contributed by atoms with van der Waals surface area (Å²) in [6, 6.07) is 12.3. The number of para-hydroxylation sites is 1. The highest BCUT2D eigenvalue weighted by atomic mass is 35.5. The molecule has 26 heavy (non-hydrogen) atoms. The Morgan fingerprint density at radius 3 is 2.50 bits per heavy atom. The minimum Gasteiger partial charge on any atom is -0.368 e. The molecule has 1 aliphatic heterocycles. The van der Waals surface area contributed by atoms with Crippen LogP contribution in [0.1, 0.15) is 12.5 Å². The van der Waals surface area contributed by atoms with E-state index in [0.29, 0.717) is 11.3 Å². The Hall–Kier alpha value is -2.11. The minimum atomic E-state index is -0.316. The van der Waals surface area contributed by atoms with Crippen molar-refractivity contribution in [3.05, 3.63) is 58.9 Å². The molecule has 0 unspecified atom stereocenters. The number of nitrogens with zero attached hydrogens (tertiary/aromatic N) is 2. The molecule has 1 fully saturated rings. The number of anilines is 2. The zero-order valence-electron chi connectivity index (χ0n) is 15.0. The van der Waals surface area contributed by atoms with Gasteiger partial charge in [-0.2, -0.15) is 0 Å². The third kappa shape index (κ3) is 4.17. The molecule has 1 aliphatic rings. The number of amides is 1. The fourth-order valence-corrected chi connectivity index (χ4v) is 3.40. The molecule has 1 heterocycles. The fraction of sp³-hybridized carbons (Fsp3) is 0.350. The van der Waals surface area contributed by atoms with E-state index in [1.54, 1.807) is 19.1 Å². The highest BCUT2D eigenvalue weighted by Gasteiger charge is 2.26. The van der Waals surface area contributed by atoms with Crippen molar-refractivity contribution < 1.29 is 9.18 Å². The number of halogens is 2. The smallest absolute Gasteiger partial charge is 0.241 e. The van der Waals surface area contributed by atoms with E-state index in [1.807, 2.05) is 31.2 Å². The van der Waals surface area contributed by atoms with Gasteiger partial charge in [0.05, 0.1) is 16.8 Å². The standard InChI is InChI=1S/C20H23ClFN3O/c1-14-7-8-16(13-18(14)22)23-20(26)15(2)24-9-11-25(12-10-24)19-6-4-3-5-17(19)21/h3-8,13,15H,9-12H2,1-2H3,(H,23,26)/t15-/m1/s1. The third-order valence-corrected chi connectivity index (χ3v) is 5.19. The van der Waals surface area contributed by atoms with E-state index < -0.39 is 0 Å². The number of aryl methyl sites for hydroxylation is 1. The average molecular weight is 376 g/mol. The van der Waals surface area contributed by atoms with Crippen LogP contribution in [0.25, 0.3) is 0 Å². The van der Waals surface area contributed by atoms with Crippen LogP contribution in [0.4, 0.5) is 15.8 Å².